The zero-order valence-corrected chi connectivity index (χ0v) is 16.4. The summed E-state index contributed by atoms with van der Waals surface area (Å²) in [5, 5.41) is 8.46. The van der Waals surface area contributed by atoms with Gasteiger partial charge in [0.25, 0.3) is 5.91 Å². The van der Waals surface area contributed by atoms with E-state index in [9.17, 15) is 14.0 Å². The molecule has 2 saturated heterocycles. The summed E-state index contributed by atoms with van der Waals surface area (Å²) in [6, 6.07) is 0. The van der Waals surface area contributed by atoms with E-state index in [1.54, 1.807) is 13.1 Å². The molecule has 0 aromatic carbocycles. The number of alkyl halides is 1. The van der Waals surface area contributed by atoms with Crippen LogP contribution in [0.5, 0.6) is 0 Å². The van der Waals surface area contributed by atoms with E-state index in [4.69, 9.17) is 4.74 Å². The number of rotatable bonds is 5. The molecular weight excluding hydrogens is 385 g/mol. The Labute approximate surface area is 165 Å². The molecule has 0 saturated carbocycles. The number of fused-ring (bicyclic) bond motifs is 1. The van der Waals surface area contributed by atoms with Gasteiger partial charge in [0, 0.05) is 55.8 Å². The number of hydrogen-bond acceptors (Lipinski definition) is 8. The minimum Gasteiger partial charge on any atom is -0.463 e. The number of hydrogen-bond donors (Lipinski definition) is 2. The number of carbonyl (C=O) groups excluding carboxylic acids is 2. The van der Waals surface area contributed by atoms with Gasteiger partial charge < -0.3 is 15.4 Å². The number of carbonyl (C=O) groups is 2. The van der Waals surface area contributed by atoms with E-state index in [1.165, 1.54) is 11.3 Å². The number of esters is 1. The first kappa shape index (κ1) is 19.0. The monoisotopic (exact) mass is 407 g/mol. The van der Waals surface area contributed by atoms with Crippen molar-refractivity contribution in [3.05, 3.63) is 27.9 Å². The molecule has 4 heterocycles. The molecule has 0 radical (unpaired) electrons. The Morgan fingerprint density at radius 1 is 1.54 bits per heavy atom. The van der Waals surface area contributed by atoms with Gasteiger partial charge in [-0.15, -0.1) is 11.3 Å². The van der Waals surface area contributed by atoms with Crippen molar-refractivity contribution in [3.63, 3.8) is 0 Å². The van der Waals surface area contributed by atoms with Crippen LogP contribution in [-0.2, 0) is 14.3 Å². The van der Waals surface area contributed by atoms with E-state index < -0.39 is 17.5 Å². The maximum Gasteiger partial charge on any atom is 0.337 e. The number of nitrogens with zero attached hydrogens (tertiary/aromatic N) is 3. The highest BCUT2D eigenvalue weighted by molar-refractivity contribution is 7.11. The van der Waals surface area contributed by atoms with Crippen LogP contribution in [0.15, 0.2) is 27.8 Å². The molecule has 0 aliphatic carbocycles. The first-order valence-corrected chi connectivity index (χ1v) is 10.2. The summed E-state index contributed by atoms with van der Waals surface area (Å²) in [6.07, 6.45) is 1.85. The third-order valence-electron chi connectivity index (χ3n) is 5.37. The molecule has 3 aliphatic heterocycles. The Morgan fingerprint density at radius 3 is 3.14 bits per heavy atom. The van der Waals surface area contributed by atoms with Crippen LogP contribution in [0, 0.1) is 5.92 Å². The zero-order valence-electron chi connectivity index (χ0n) is 15.5. The van der Waals surface area contributed by atoms with Gasteiger partial charge in [0.1, 0.15) is 0 Å². The van der Waals surface area contributed by atoms with E-state index in [-0.39, 0.29) is 25.5 Å². The minimum absolute atomic E-state index is 0.152. The normalized spacial score (nSPS) is 27.7. The molecule has 150 valence electrons. The average Bonchev–Trinajstić information content (AvgIpc) is 3.32. The van der Waals surface area contributed by atoms with Crippen LogP contribution < -0.4 is 10.6 Å². The molecule has 2 N–H and O–H groups in total. The summed E-state index contributed by atoms with van der Waals surface area (Å²) in [5.74, 6) is -0.664. The highest BCUT2D eigenvalue weighted by Crippen LogP contribution is 2.36. The molecule has 1 amide bonds. The number of piperidine rings is 1. The van der Waals surface area contributed by atoms with Crippen LogP contribution in [0.3, 0.4) is 0 Å². The zero-order chi connectivity index (χ0) is 19.7. The van der Waals surface area contributed by atoms with Crippen LogP contribution >= 0.6 is 11.3 Å². The number of amides is 1. The van der Waals surface area contributed by atoms with Crippen molar-refractivity contribution in [1.82, 2.24) is 20.5 Å². The van der Waals surface area contributed by atoms with Gasteiger partial charge in [0.2, 0.25) is 0 Å². The number of amidine groups is 1. The molecule has 8 nitrogen and oxygen atoms in total. The third kappa shape index (κ3) is 3.42. The summed E-state index contributed by atoms with van der Waals surface area (Å²) in [6.45, 7) is 3.90. The van der Waals surface area contributed by atoms with Crippen molar-refractivity contribution in [2.45, 2.75) is 19.0 Å². The second-order valence-corrected chi connectivity index (χ2v) is 7.95. The number of nitrogens with one attached hydrogen (secondary N) is 2. The maximum absolute atomic E-state index is 14.9. The largest absolute Gasteiger partial charge is 0.463 e. The molecule has 1 aromatic rings. The highest BCUT2D eigenvalue weighted by Gasteiger charge is 2.53. The van der Waals surface area contributed by atoms with Crippen LogP contribution in [-0.4, -0.2) is 72.6 Å². The molecule has 3 aliphatic rings. The fourth-order valence-corrected chi connectivity index (χ4v) is 4.44. The lowest BCUT2D eigenvalue weighted by Gasteiger charge is -2.38. The number of ether oxygens (including phenoxy) is 1. The molecule has 10 heteroatoms. The van der Waals surface area contributed by atoms with Crippen LogP contribution in [0.4, 0.5) is 4.39 Å². The number of halogens is 1. The standard InChI is InChI=1S/C18H22FN5O3S/c1-2-27-16(25)12-8-21-14(15-20-4-6-28-15)23-13(12)10-24-5-3-18(19)11(9-24)7-22-17(18)26/h4,6,11H,2-3,5,7-10H2,1H3,(H,21,23)(H,22,26). The second-order valence-electron chi connectivity index (χ2n) is 7.06. The molecule has 0 bridgehead atoms. The van der Waals surface area contributed by atoms with Gasteiger partial charge in [0.15, 0.2) is 16.5 Å². The summed E-state index contributed by atoms with van der Waals surface area (Å²) >= 11 is 1.46. The van der Waals surface area contributed by atoms with Crippen molar-refractivity contribution in [3.8, 4) is 0 Å². The Morgan fingerprint density at radius 2 is 2.39 bits per heavy atom. The molecule has 28 heavy (non-hydrogen) atoms. The van der Waals surface area contributed by atoms with Crippen LogP contribution in [0.2, 0.25) is 0 Å². The smallest absolute Gasteiger partial charge is 0.337 e. The molecular formula is C18H22FN5O3S. The quantitative estimate of drug-likeness (QED) is 0.689. The number of thiazole rings is 1. The summed E-state index contributed by atoms with van der Waals surface area (Å²) in [7, 11) is 0. The molecule has 2 fully saturated rings. The lowest BCUT2D eigenvalue weighted by atomic mass is 9.85. The van der Waals surface area contributed by atoms with Gasteiger partial charge in [-0.25, -0.2) is 14.2 Å². The van der Waals surface area contributed by atoms with Gasteiger partial charge in [-0.1, -0.05) is 0 Å². The summed E-state index contributed by atoms with van der Waals surface area (Å²) < 4.78 is 20.1. The van der Waals surface area contributed by atoms with E-state index in [2.05, 4.69) is 25.5 Å². The molecule has 2 atom stereocenters. The summed E-state index contributed by atoms with van der Waals surface area (Å²) in [5.41, 5.74) is -0.607. The van der Waals surface area contributed by atoms with Gasteiger partial charge in [0.05, 0.1) is 18.7 Å². The molecule has 0 spiro atoms. The Balaban J connectivity index is 1.52. The predicted molar refractivity (Wildman–Crippen MR) is 102 cm³/mol. The van der Waals surface area contributed by atoms with Crippen molar-refractivity contribution < 1.29 is 18.7 Å². The fraction of sp³-hybridized carbons (Fsp3) is 0.556. The topological polar surface area (TPSA) is 95.9 Å². The fourth-order valence-electron chi connectivity index (χ4n) is 3.84. The summed E-state index contributed by atoms with van der Waals surface area (Å²) in [4.78, 5) is 35.0. The number of likely N-dealkylation sites (tertiary alicyclic amines) is 1. The van der Waals surface area contributed by atoms with Crippen LogP contribution in [0.25, 0.3) is 0 Å². The van der Waals surface area contributed by atoms with Crippen molar-refractivity contribution >= 4 is 29.0 Å². The van der Waals surface area contributed by atoms with Crippen molar-refractivity contribution in [2.75, 3.05) is 39.3 Å². The van der Waals surface area contributed by atoms with Crippen molar-refractivity contribution in [2.24, 2.45) is 10.9 Å². The van der Waals surface area contributed by atoms with Crippen molar-refractivity contribution in [1.29, 1.82) is 0 Å². The Kier molecular flexibility index (Phi) is 5.15. The first-order valence-electron chi connectivity index (χ1n) is 9.31. The predicted octanol–water partition coefficient (Wildman–Crippen LogP) is 0.470. The van der Waals surface area contributed by atoms with E-state index >= 15 is 0 Å². The second kappa shape index (κ2) is 7.59. The van der Waals surface area contributed by atoms with Crippen LogP contribution in [0.1, 0.15) is 18.4 Å². The number of aromatic nitrogens is 1. The minimum atomic E-state index is -1.78. The molecule has 4 rings (SSSR count). The Hall–Kier alpha value is -2.33. The lowest BCUT2D eigenvalue weighted by molar-refractivity contribution is -0.138. The molecule has 2 unspecified atom stereocenters. The van der Waals surface area contributed by atoms with E-state index in [0.717, 1.165) is 5.01 Å². The lowest BCUT2D eigenvalue weighted by Crippen LogP contribution is -2.52. The average molecular weight is 407 g/mol. The maximum atomic E-state index is 14.9. The first-order chi connectivity index (χ1) is 13.5. The van der Waals surface area contributed by atoms with E-state index in [0.29, 0.717) is 43.3 Å². The third-order valence-corrected chi connectivity index (χ3v) is 6.15. The van der Waals surface area contributed by atoms with Gasteiger partial charge in [-0.3, -0.25) is 14.7 Å². The highest BCUT2D eigenvalue weighted by atomic mass is 32.1. The molecule has 1 aromatic heterocycles. The van der Waals surface area contributed by atoms with Gasteiger partial charge in [-0.2, -0.15) is 0 Å². The Bertz CT molecular complexity index is 840. The van der Waals surface area contributed by atoms with Gasteiger partial charge in [-0.05, 0) is 6.92 Å². The van der Waals surface area contributed by atoms with Gasteiger partial charge >= 0.3 is 5.97 Å². The SMILES string of the molecule is CCOC(=O)C1=C(CN2CCC3(F)C(=O)NCC3C2)NC(c2nccs2)=NC1. The number of aliphatic imine (C=N–C) groups is 1. The van der Waals surface area contributed by atoms with E-state index in [1.807, 2.05) is 5.38 Å².